The summed E-state index contributed by atoms with van der Waals surface area (Å²) in [7, 11) is -3.98. The van der Waals surface area contributed by atoms with Crippen LogP contribution in [-0.4, -0.2) is 54.7 Å². The molecule has 0 radical (unpaired) electrons. The van der Waals surface area contributed by atoms with Gasteiger partial charge in [-0.1, -0.05) is 63.2 Å². The molecule has 0 saturated heterocycles. The lowest BCUT2D eigenvalue weighted by atomic mass is 9.81. The third kappa shape index (κ3) is 7.02. The van der Waals surface area contributed by atoms with Crippen LogP contribution in [0.1, 0.15) is 85.3 Å². The molecule has 2 heterocycles. The maximum Gasteiger partial charge on any atom is 0.311 e. The molecule has 0 spiro atoms. The highest BCUT2D eigenvalue weighted by Crippen LogP contribution is 2.48. The zero-order valence-corrected chi connectivity index (χ0v) is 28.2. The van der Waals surface area contributed by atoms with E-state index in [0.717, 1.165) is 24.4 Å². The predicted molar refractivity (Wildman–Crippen MR) is 179 cm³/mol. The average Bonchev–Trinajstić information content (AvgIpc) is 3.31. The summed E-state index contributed by atoms with van der Waals surface area (Å²) in [5.41, 5.74) is 6.22. The molecule has 44 heavy (non-hydrogen) atoms. The lowest BCUT2D eigenvalue weighted by Gasteiger charge is -2.27. The van der Waals surface area contributed by atoms with Crippen LogP contribution in [0.5, 0.6) is 0 Å². The minimum atomic E-state index is -3.98. The van der Waals surface area contributed by atoms with E-state index in [-0.39, 0.29) is 22.6 Å². The summed E-state index contributed by atoms with van der Waals surface area (Å²) in [6.45, 7) is 16.5. The quantitative estimate of drug-likeness (QED) is 0.109. The molecule has 0 amide bonds. The van der Waals surface area contributed by atoms with Gasteiger partial charge in [0.25, 0.3) is 10.1 Å². The molecule has 0 aromatic heterocycles. The summed E-state index contributed by atoms with van der Waals surface area (Å²) in [4.78, 5) is 14.8. The Labute approximate surface area is 264 Å². The number of rotatable bonds is 13. The Bertz CT molecular complexity index is 1580. The van der Waals surface area contributed by atoms with E-state index >= 15 is 0 Å². The molecule has 0 atom stereocenters. The number of anilines is 1. The van der Waals surface area contributed by atoms with E-state index in [9.17, 15) is 17.8 Å². The number of ether oxygens (including phenoxy) is 1. The number of esters is 1. The first kappa shape index (κ1) is 33.7. The number of allylic oxidation sites excluding steroid dienone is 4. The van der Waals surface area contributed by atoms with Gasteiger partial charge in [-0.25, -0.2) is 0 Å². The molecule has 4 rings (SSSR count). The number of para-hydroxylation sites is 2. The molecule has 0 fully saturated rings. The molecular weight excluding hydrogens is 572 g/mol. The smallest absolute Gasteiger partial charge is 0.311 e. The van der Waals surface area contributed by atoms with Gasteiger partial charge in [-0.05, 0) is 64.7 Å². The van der Waals surface area contributed by atoms with Crippen molar-refractivity contribution in [2.24, 2.45) is 5.41 Å². The summed E-state index contributed by atoms with van der Waals surface area (Å²) in [6.07, 6.45) is 9.00. The Morgan fingerprint density at radius 2 is 1.64 bits per heavy atom. The van der Waals surface area contributed by atoms with Gasteiger partial charge in [0.1, 0.15) is 0 Å². The molecule has 8 heteroatoms. The molecule has 2 aliphatic heterocycles. The Morgan fingerprint density at radius 3 is 2.32 bits per heavy atom. The molecule has 0 saturated carbocycles. The Morgan fingerprint density at radius 1 is 0.977 bits per heavy atom. The highest BCUT2D eigenvalue weighted by molar-refractivity contribution is 7.85. The second-order valence-corrected chi connectivity index (χ2v) is 15.2. The van der Waals surface area contributed by atoms with Crippen molar-refractivity contribution in [3.05, 3.63) is 83.6 Å². The SMILES string of the molecule is CCC(C)(C)C(=O)OCCC[N+]1=C(C=CC=C2N(CCCCS(=O)(=O)O)c3ccccc3C2(C)C)C(C)(C)c2ccccc21. The zero-order valence-electron chi connectivity index (χ0n) is 27.4. The van der Waals surface area contributed by atoms with Crippen LogP contribution in [0.15, 0.2) is 72.5 Å². The first-order valence-corrected chi connectivity index (χ1v) is 17.3. The first-order chi connectivity index (χ1) is 20.6. The van der Waals surface area contributed by atoms with Gasteiger partial charge in [0.15, 0.2) is 12.3 Å². The van der Waals surface area contributed by atoms with E-state index < -0.39 is 15.5 Å². The van der Waals surface area contributed by atoms with Crippen LogP contribution < -0.4 is 4.90 Å². The molecule has 0 aliphatic carbocycles. The molecule has 238 valence electrons. The number of unbranched alkanes of at least 4 members (excludes halogenated alkanes) is 1. The Hall–Kier alpha value is -3.23. The van der Waals surface area contributed by atoms with Gasteiger partial charge in [0, 0.05) is 47.5 Å². The predicted octanol–water partition coefficient (Wildman–Crippen LogP) is 7.34. The van der Waals surface area contributed by atoms with Crippen molar-refractivity contribution in [2.45, 2.75) is 85.0 Å². The van der Waals surface area contributed by atoms with Crippen molar-refractivity contribution in [1.29, 1.82) is 0 Å². The Kier molecular flexibility index (Phi) is 9.96. The van der Waals surface area contributed by atoms with Gasteiger partial charge < -0.3 is 9.64 Å². The van der Waals surface area contributed by atoms with E-state index in [2.05, 4.69) is 97.9 Å². The maximum atomic E-state index is 12.5. The number of fused-ring (bicyclic) bond motifs is 2. The summed E-state index contributed by atoms with van der Waals surface area (Å²) in [6, 6.07) is 16.9. The largest absolute Gasteiger partial charge is 0.465 e. The van der Waals surface area contributed by atoms with Crippen molar-refractivity contribution in [1.82, 2.24) is 0 Å². The van der Waals surface area contributed by atoms with Crippen molar-refractivity contribution >= 4 is 33.2 Å². The average molecular weight is 622 g/mol. The van der Waals surface area contributed by atoms with Crippen LogP contribution in [0.3, 0.4) is 0 Å². The fraction of sp³-hybridized carbons (Fsp3) is 0.500. The monoisotopic (exact) mass is 621 g/mol. The lowest BCUT2D eigenvalue weighted by Crippen LogP contribution is -2.29. The number of nitrogens with zero attached hydrogens (tertiary/aromatic N) is 2. The van der Waals surface area contributed by atoms with Crippen LogP contribution in [-0.2, 0) is 30.5 Å². The molecule has 2 aromatic carbocycles. The lowest BCUT2D eigenvalue weighted by molar-refractivity contribution is -0.438. The maximum absolute atomic E-state index is 12.5. The van der Waals surface area contributed by atoms with Crippen LogP contribution in [0.4, 0.5) is 11.4 Å². The number of benzene rings is 2. The minimum absolute atomic E-state index is 0.152. The summed E-state index contributed by atoms with van der Waals surface area (Å²) < 4.78 is 39.8. The molecule has 0 bridgehead atoms. The second-order valence-electron chi connectivity index (χ2n) is 13.6. The fourth-order valence-electron chi connectivity index (χ4n) is 6.28. The summed E-state index contributed by atoms with van der Waals surface area (Å²) in [5, 5.41) is 0. The topological polar surface area (TPSA) is 86.9 Å². The van der Waals surface area contributed by atoms with Gasteiger partial charge in [0.05, 0.1) is 23.2 Å². The van der Waals surface area contributed by atoms with E-state index in [1.807, 2.05) is 26.8 Å². The number of carbonyl (C=O) groups excluding carboxylic acids is 1. The van der Waals surface area contributed by atoms with Gasteiger partial charge in [-0.15, -0.1) is 0 Å². The minimum Gasteiger partial charge on any atom is -0.465 e. The fourth-order valence-corrected chi connectivity index (χ4v) is 6.84. The number of hydrogen-bond donors (Lipinski definition) is 1. The van der Waals surface area contributed by atoms with Gasteiger partial charge in [-0.3, -0.25) is 9.35 Å². The van der Waals surface area contributed by atoms with E-state index in [0.29, 0.717) is 32.4 Å². The van der Waals surface area contributed by atoms with Gasteiger partial charge in [0.2, 0.25) is 5.69 Å². The molecule has 0 unspecified atom stereocenters. The van der Waals surface area contributed by atoms with Gasteiger partial charge in [-0.2, -0.15) is 13.0 Å². The van der Waals surface area contributed by atoms with E-state index in [1.165, 1.54) is 22.5 Å². The van der Waals surface area contributed by atoms with Crippen molar-refractivity contribution in [3.8, 4) is 0 Å². The van der Waals surface area contributed by atoms with Crippen molar-refractivity contribution < 1.29 is 27.1 Å². The molecule has 7 nitrogen and oxygen atoms in total. The Balaban J connectivity index is 1.61. The van der Waals surface area contributed by atoms with Crippen molar-refractivity contribution in [3.63, 3.8) is 0 Å². The summed E-state index contributed by atoms with van der Waals surface area (Å²) in [5.74, 6) is -0.384. The number of hydrogen-bond acceptors (Lipinski definition) is 5. The third-order valence-corrected chi connectivity index (χ3v) is 10.1. The summed E-state index contributed by atoms with van der Waals surface area (Å²) >= 11 is 0. The van der Waals surface area contributed by atoms with Crippen LogP contribution >= 0.6 is 0 Å². The van der Waals surface area contributed by atoms with Crippen molar-refractivity contribution in [2.75, 3.05) is 30.3 Å². The molecule has 2 aliphatic rings. The highest BCUT2D eigenvalue weighted by Gasteiger charge is 2.44. The second kappa shape index (κ2) is 13.0. The van der Waals surface area contributed by atoms with Crippen LogP contribution in [0, 0.1) is 5.41 Å². The van der Waals surface area contributed by atoms with E-state index in [4.69, 9.17) is 4.74 Å². The zero-order chi connectivity index (χ0) is 32.3. The van der Waals surface area contributed by atoms with E-state index in [1.54, 1.807) is 0 Å². The van der Waals surface area contributed by atoms with Crippen LogP contribution in [0.25, 0.3) is 0 Å². The molecular formula is C36H49N2O5S+. The third-order valence-electron chi connectivity index (χ3n) is 9.34. The molecule has 1 N–H and O–H groups in total. The van der Waals surface area contributed by atoms with Gasteiger partial charge >= 0.3 is 5.97 Å². The number of carbonyl (C=O) groups is 1. The standard InChI is InChI=1S/C36H48N2O5S/c1-8-34(2,3)33(39)43-25-16-24-38-30-20-12-10-18-28(30)36(6,7)32(38)22-15-21-31-35(4,5)27-17-9-11-19-29(27)37(31)23-13-14-26-44(40,41)42/h9-12,15,17-22H,8,13-14,16,23-26H2,1-7H3/p+1. The van der Waals surface area contributed by atoms with Crippen LogP contribution in [0.2, 0.25) is 0 Å². The normalized spacial score (nSPS) is 18.3. The molecule has 2 aromatic rings. The highest BCUT2D eigenvalue weighted by atomic mass is 32.2. The first-order valence-electron chi connectivity index (χ1n) is 15.7.